The summed E-state index contributed by atoms with van der Waals surface area (Å²) < 4.78 is 34.5. The number of hydrogen-bond donors (Lipinski definition) is 1. The minimum Gasteiger partial charge on any atom is -0.492 e. The molecule has 0 radical (unpaired) electrons. The summed E-state index contributed by atoms with van der Waals surface area (Å²) in [6, 6.07) is 16.0. The van der Waals surface area contributed by atoms with Crippen LogP contribution in [0.4, 0.5) is 5.69 Å². The van der Waals surface area contributed by atoms with E-state index in [9.17, 15) is 18.0 Å². The van der Waals surface area contributed by atoms with Gasteiger partial charge in [0.1, 0.15) is 18.3 Å². The third-order valence-corrected chi connectivity index (χ3v) is 8.50. The molecule has 8 nitrogen and oxygen atoms in total. The van der Waals surface area contributed by atoms with Gasteiger partial charge < -0.3 is 15.0 Å². The Morgan fingerprint density at radius 1 is 0.974 bits per heavy atom. The molecule has 12 heteroatoms. The first-order valence-electron chi connectivity index (χ1n) is 11.9. The number of amides is 2. The molecule has 0 aliphatic carbocycles. The summed E-state index contributed by atoms with van der Waals surface area (Å²) in [5, 5.41) is 3.60. The SMILES string of the molecule is CCOc1ccccc1N(CC(=O)N(Cc1ccc(Cl)cc1Cl)[C@@H](C)C(=O)NC)S(=O)(=O)c1ccc(Cl)cc1. The van der Waals surface area contributed by atoms with Crippen LogP contribution in [-0.2, 0) is 26.2 Å². The highest BCUT2D eigenvalue weighted by atomic mass is 35.5. The van der Waals surface area contributed by atoms with Gasteiger partial charge in [0.15, 0.2) is 0 Å². The number of carbonyl (C=O) groups excluding carboxylic acids is 2. The van der Waals surface area contributed by atoms with E-state index >= 15 is 0 Å². The fraction of sp³-hybridized carbons (Fsp3) is 0.259. The number of nitrogens with one attached hydrogen (secondary N) is 1. The molecule has 0 saturated heterocycles. The topological polar surface area (TPSA) is 96.0 Å². The highest BCUT2D eigenvalue weighted by Crippen LogP contribution is 2.33. The Hall–Kier alpha value is -2.98. The van der Waals surface area contributed by atoms with Gasteiger partial charge in [0.05, 0.1) is 17.2 Å². The second-order valence-electron chi connectivity index (χ2n) is 8.41. The van der Waals surface area contributed by atoms with Crippen molar-refractivity contribution < 1.29 is 22.7 Å². The molecular formula is C27H28Cl3N3O5S. The van der Waals surface area contributed by atoms with Crippen LogP contribution < -0.4 is 14.4 Å². The van der Waals surface area contributed by atoms with Crippen LogP contribution in [0.3, 0.4) is 0 Å². The predicted octanol–water partition coefficient (Wildman–Crippen LogP) is 5.40. The quantitative estimate of drug-likeness (QED) is 0.313. The van der Waals surface area contributed by atoms with Crippen molar-refractivity contribution in [2.24, 2.45) is 0 Å². The van der Waals surface area contributed by atoms with Crippen molar-refractivity contribution in [1.29, 1.82) is 0 Å². The highest BCUT2D eigenvalue weighted by molar-refractivity contribution is 7.92. The van der Waals surface area contributed by atoms with Crippen LogP contribution in [0.1, 0.15) is 19.4 Å². The number of halogens is 3. The average Bonchev–Trinajstić information content (AvgIpc) is 2.91. The van der Waals surface area contributed by atoms with Crippen molar-refractivity contribution in [1.82, 2.24) is 10.2 Å². The monoisotopic (exact) mass is 611 g/mol. The Bertz CT molecular complexity index is 1430. The maximum Gasteiger partial charge on any atom is 0.264 e. The number of nitrogens with zero attached hydrogens (tertiary/aromatic N) is 2. The average molecular weight is 613 g/mol. The van der Waals surface area contributed by atoms with Crippen LogP contribution in [0, 0.1) is 0 Å². The van der Waals surface area contributed by atoms with Gasteiger partial charge in [-0.15, -0.1) is 0 Å². The Kier molecular flexibility index (Phi) is 10.5. The van der Waals surface area contributed by atoms with E-state index in [2.05, 4.69) is 5.32 Å². The van der Waals surface area contributed by atoms with Crippen molar-refractivity contribution >= 4 is 62.3 Å². The van der Waals surface area contributed by atoms with Crippen molar-refractivity contribution in [2.75, 3.05) is 24.5 Å². The van der Waals surface area contributed by atoms with E-state index in [1.54, 1.807) is 50.2 Å². The smallest absolute Gasteiger partial charge is 0.264 e. The minimum absolute atomic E-state index is 0.0641. The molecular weight excluding hydrogens is 585 g/mol. The van der Waals surface area contributed by atoms with Crippen molar-refractivity contribution in [3.8, 4) is 5.75 Å². The van der Waals surface area contributed by atoms with Gasteiger partial charge in [-0.2, -0.15) is 0 Å². The van der Waals surface area contributed by atoms with Gasteiger partial charge in [0.2, 0.25) is 11.8 Å². The Morgan fingerprint density at radius 3 is 2.23 bits per heavy atom. The lowest BCUT2D eigenvalue weighted by Crippen LogP contribution is -2.50. The number of rotatable bonds is 11. The predicted molar refractivity (Wildman–Crippen MR) is 154 cm³/mol. The molecule has 0 saturated carbocycles. The standard InChI is InChI=1S/C27H28Cl3N3O5S/c1-4-38-25-8-6-5-7-24(25)33(39(36,37)22-13-11-20(28)12-14-22)17-26(34)32(18(2)27(35)31-3)16-19-9-10-21(29)15-23(19)30/h5-15,18H,4,16-17H2,1-3H3,(H,31,35)/t18-/m0/s1. The van der Waals surface area contributed by atoms with E-state index in [1.807, 2.05) is 0 Å². The second-order valence-corrected chi connectivity index (χ2v) is 11.6. The van der Waals surface area contributed by atoms with Crippen LogP contribution in [0.25, 0.3) is 0 Å². The molecule has 0 aromatic heterocycles. The van der Waals surface area contributed by atoms with Gasteiger partial charge in [-0.25, -0.2) is 8.42 Å². The molecule has 3 aromatic carbocycles. The van der Waals surface area contributed by atoms with Gasteiger partial charge in [-0.1, -0.05) is 53.0 Å². The van der Waals surface area contributed by atoms with Crippen LogP contribution in [0.5, 0.6) is 5.75 Å². The van der Waals surface area contributed by atoms with E-state index in [-0.39, 0.29) is 29.5 Å². The normalized spacial score (nSPS) is 11.9. The van der Waals surface area contributed by atoms with Crippen LogP contribution >= 0.6 is 34.8 Å². The number of ether oxygens (including phenoxy) is 1. The molecule has 0 aliphatic rings. The first-order valence-corrected chi connectivity index (χ1v) is 14.5. The molecule has 39 heavy (non-hydrogen) atoms. The van der Waals surface area contributed by atoms with Gasteiger partial charge >= 0.3 is 0 Å². The summed E-state index contributed by atoms with van der Waals surface area (Å²) in [7, 11) is -2.82. The zero-order chi connectivity index (χ0) is 28.7. The number of hydrogen-bond acceptors (Lipinski definition) is 5. The summed E-state index contributed by atoms with van der Waals surface area (Å²) in [6.45, 7) is 2.90. The van der Waals surface area contributed by atoms with E-state index < -0.39 is 34.4 Å². The number of benzene rings is 3. The molecule has 0 heterocycles. The van der Waals surface area contributed by atoms with Crippen molar-refractivity contribution in [3.05, 3.63) is 87.4 Å². The number of sulfonamides is 1. The Morgan fingerprint density at radius 2 is 1.62 bits per heavy atom. The maximum absolute atomic E-state index is 13.9. The molecule has 1 atom stereocenters. The molecule has 208 valence electrons. The van der Waals surface area contributed by atoms with Crippen molar-refractivity contribution in [2.45, 2.75) is 31.3 Å². The molecule has 0 bridgehead atoms. The summed E-state index contributed by atoms with van der Waals surface area (Å²) in [4.78, 5) is 27.7. The van der Waals surface area contributed by atoms with Gasteiger partial charge in [0.25, 0.3) is 10.0 Å². The molecule has 3 rings (SSSR count). The first kappa shape index (κ1) is 30.6. The molecule has 2 amide bonds. The third kappa shape index (κ3) is 7.36. The molecule has 1 N–H and O–H groups in total. The van der Waals surface area contributed by atoms with Gasteiger partial charge in [-0.05, 0) is 67.9 Å². The lowest BCUT2D eigenvalue weighted by molar-refractivity contribution is -0.139. The Labute approximate surface area is 243 Å². The number of para-hydroxylation sites is 2. The molecule has 0 unspecified atom stereocenters. The van der Waals surface area contributed by atoms with Gasteiger partial charge in [0, 0.05) is 28.7 Å². The highest BCUT2D eigenvalue weighted by Gasteiger charge is 2.33. The zero-order valence-corrected chi connectivity index (χ0v) is 24.6. The number of carbonyl (C=O) groups is 2. The molecule has 0 aliphatic heterocycles. The minimum atomic E-state index is -4.28. The summed E-state index contributed by atoms with van der Waals surface area (Å²) >= 11 is 18.4. The number of anilines is 1. The second kappa shape index (κ2) is 13.4. The molecule has 3 aromatic rings. The van der Waals surface area contributed by atoms with Crippen LogP contribution in [0.2, 0.25) is 15.1 Å². The Balaban J connectivity index is 2.10. The third-order valence-electron chi connectivity index (χ3n) is 5.88. The van der Waals surface area contributed by atoms with Gasteiger partial charge in [-0.3, -0.25) is 13.9 Å². The lowest BCUT2D eigenvalue weighted by Gasteiger charge is -2.32. The van der Waals surface area contributed by atoms with Crippen molar-refractivity contribution in [3.63, 3.8) is 0 Å². The van der Waals surface area contributed by atoms with E-state index in [4.69, 9.17) is 39.5 Å². The largest absolute Gasteiger partial charge is 0.492 e. The fourth-order valence-electron chi connectivity index (χ4n) is 3.81. The molecule has 0 fully saturated rings. The van der Waals surface area contributed by atoms with E-state index in [0.29, 0.717) is 20.6 Å². The van der Waals surface area contributed by atoms with Crippen LogP contribution in [0.15, 0.2) is 71.6 Å². The maximum atomic E-state index is 13.9. The number of likely N-dealkylation sites (N-methyl/N-ethyl adjacent to an activating group) is 1. The summed E-state index contributed by atoms with van der Waals surface area (Å²) in [5.74, 6) is -0.798. The molecule has 0 spiro atoms. The lowest BCUT2D eigenvalue weighted by atomic mass is 10.1. The van der Waals surface area contributed by atoms with E-state index in [1.165, 1.54) is 42.3 Å². The van der Waals surface area contributed by atoms with E-state index in [0.717, 1.165) is 4.31 Å². The van der Waals surface area contributed by atoms with Crippen LogP contribution in [-0.4, -0.2) is 51.4 Å². The fourth-order valence-corrected chi connectivity index (χ4v) is 5.83. The first-order chi connectivity index (χ1) is 18.5. The summed E-state index contributed by atoms with van der Waals surface area (Å²) in [5.41, 5.74) is 0.701. The zero-order valence-electron chi connectivity index (χ0n) is 21.5. The summed E-state index contributed by atoms with van der Waals surface area (Å²) in [6.07, 6.45) is 0.